The number of aliphatic hydroxyl groups is 1. The molecule has 0 saturated carbocycles. The van der Waals surface area contributed by atoms with E-state index in [4.69, 9.17) is 0 Å². The first-order valence-electron chi connectivity index (χ1n) is 7.07. The van der Waals surface area contributed by atoms with E-state index in [-0.39, 0.29) is 11.8 Å². The Morgan fingerprint density at radius 3 is 2.74 bits per heavy atom. The van der Waals surface area contributed by atoms with Crippen LogP contribution in [-0.4, -0.2) is 28.8 Å². The maximum absolute atomic E-state index is 10.5. The van der Waals surface area contributed by atoms with Gasteiger partial charge >= 0.3 is 0 Å². The lowest BCUT2D eigenvalue weighted by Gasteiger charge is -2.33. The highest BCUT2D eigenvalue weighted by molar-refractivity contribution is 5.65. The minimum atomic E-state index is -0.510. The lowest BCUT2D eigenvalue weighted by Crippen LogP contribution is -2.42. The van der Waals surface area contributed by atoms with E-state index >= 15 is 0 Å². The summed E-state index contributed by atoms with van der Waals surface area (Å²) in [7, 11) is 0. The molecular weight excluding hydrogens is 240 g/mol. The van der Waals surface area contributed by atoms with Crippen molar-refractivity contribution >= 4 is 5.69 Å². The molecule has 0 unspecified atom stereocenters. The molecule has 1 aliphatic carbocycles. The summed E-state index contributed by atoms with van der Waals surface area (Å²) in [6.45, 7) is 6.93. The van der Waals surface area contributed by atoms with E-state index in [2.05, 4.69) is 24.5 Å². The highest BCUT2D eigenvalue weighted by Crippen LogP contribution is 2.39. The van der Waals surface area contributed by atoms with Crippen molar-refractivity contribution in [2.75, 3.05) is 11.9 Å². The Morgan fingerprint density at radius 1 is 1.37 bits per heavy atom. The van der Waals surface area contributed by atoms with Crippen molar-refractivity contribution in [3.63, 3.8) is 0 Å². The number of benzene rings is 1. The van der Waals surface area contributed by atoms with Crippen LogP contribution in [0.15, 0.2) is 12.1 Å². The van der Waals surface area contributed by atoms with Crippen LogP contribution in [0.1, 0.15) is 44.4 Å². The number of fused-ring (bicyclic) bond motifs is 1. The molecule has 19 heavy (non-hydrogen) atoms. The highest BCUT2D eigenvalue weighted by atomic mass is 16.3. The van der Waals surface area contributed by atoms with Gasteiger partial charge in [-0.1, -0.05) is 19.9 Å². The molecule has 0 saturated heterocycles. The first kappa shape index (κ1) is 14.2. The maximum atomic E-state index is 10.5. The molecule has 4 heteroatoms. The normalized spacial score (nSPS) is 22.4. The molecule has 106 valence electrons. The summed E-state index contributed by atoms with van der Waals surface area (Å²) < 4.78 is 0. The number of phenols is 1. The number of phenolic OH excluding ortho intramolecular Hbond substituents is 1. The molecule has 0 aliphatic heterocycles. The van der Waals surface area contributed by atoms with Crippen molar-refractivity contribution in [1.82, 2.24) is 5.32 Å². The summed E-state index contributed by atoms with van der Waals surface area (Å²) >= 11 is 0. The monoisotopic (exact) mass is 264 g/mol. The molecule has 0 heterocycles. The zero-order valence-corrected chi connectivity index (χ0v) is 11.9. The lowest BCUT2D eigenvalue weighted by molar-refractivity contribution is 0.110. The lowest BCUT2D eigenvalue weighted by atomic mass is 9.84. The molecule has 1 aromatic rings. The van der Waals surface area contributed by atoms with Crippen molar-refractivity contribution in [3.8, 4) is 5.75 Å². The topological polar surface area (TPSA) is 64.5 Å². The number of nitrogens with one attached hydrogen (secondary N) is 2. The molecule has 2 atom stereocenters. The standard InChI is InChI=1S/C15H24N2O2/c1-4-16-14-10-5-7-12(17-9(2)3)15(19)11(10)6-8-13(14)18/h6,8-9,12,15-19H,4-5,7H2,1-3H3/t12-,15-/m1/s1. The van der Waals surface area contributed by atoms with Gasteiger partial charge in [0.05, 0.1) is 11.8 Å². The fourth-order valence-corrected chi connectivity index (χ4v) is 2.85. The molecule has 2 rings (SSSR count). The third kappa shape index (κ3) is 2.85. The van der Waals surface area contributed by atoms with E-state index in [1.54, 1.807) is 6.07 Å². The average Bonchev–Trinajstić information content (AvgIpc) is 2.36. The molecule has 0 bridgehead atoms. The smallest absolute Gasteiger partial charge is 0.138 e. The van der Waals surface area contributed by atoms with Crippen LogP contribution >= 0.6 is 0 Å². The van der Waals surface area contributed by atoms with Gasteiger partial charge in [0.1, 0.15) is 5.75 Å². The molecule has 0 aromatic heterocycles. The third-order valence-corrected chi connectivity index (χ3v) is 3.63. The first-order valence-corrected chi connectivity index (χ1v) is 7.07. The number of hydrogen-bond acceptors (Lipinski definition) is 4. The van der Waals surface area contributed by atoms with E-state index < -0.39 is 6.10 Å². The maximum Gasteiger partial charge on any atom is 0.138 e. The summed E-state index contributed by atoms with van der Waals surface area (Å²) in [5.74, 6) is 0.267. The van der Waals surface area contributed by atoms with Gasteiger partial charge in [-0.15, -0.1) is 0 Å². The summed E-state index contributed by atoms with van der Waals surface area (Å²) in [5.41, 5.74) is 2.76. The van der Waals surface area contributed by atoms with E-state index in [0.29, 0.717) is 6.04 Å². The van der Waals surface area contributed by atoms with Crippen LogP contribution in [-0.2, 0) is 6.42 Å². The molecule has 4 N–H and O–H groups in total. The second kappa shape index (κ2) is 5.80. The van der Waals surface area contributed by atoms with Crippen LogP contribution < -0.4 is 10.6 Å². The van der Waals surface area contributed by atoms with Gasteiger partial charge in [-0.2, -0.15) is 0 Å². The van der Waals surface area contributed by atoms with Crippen LogP contribution in [0.3, 0.4) is 0 Å². The Balaban J connectivity index is 2.32. The minimum Gasteiger partial charge on any atom is -0.506 e. The number of rotatable bonds is 4. The highest BCUT2D eigenvalue weighted by Gasteiger charge is 2.30. The van der Waals surface area contributed by atoms with Crippen molar-refractivity contribution in [3.05, 3.63) is 23.3 Å². The number of hydrogen-bond donors (Lipinski definition) is 4. The van der Waals surface area contributed by atoms with Crippen molar-refractivity contribution < 1.29 is 10.2 Å². The average molecular weight is 264 g/mol. The zero-order valence-electron chi connectivity index (χ0n) is 11.9. The minimum absolute atomic E-state index is 0.0894. The Hall–Kier alpha value is -1.26. The molecule has 0 radical (unpaired) electrons. The molecule has 4 nitrogen and oxygen atoms in total. The van der Waals surface area contributed by atoms with Gasteiger partial charge in [0.2, 0.25) is 0 Å². The summed E-state index contributed by atoms with van der Waals surface area (Å²) in [6.07, 6.45) is 1.24. The third-order valence-electron chi connectivity index (χ3n) is 3.63. The van der Waals surface area contributed by atoms with Crippen LogP contribution in [0.5, 0.6) is 5.75 Å². The van der Waals surface area contributed by atoms with Crippen LogP contribution in [0.25, 0.3) is 0 Å². The van der Waals surface area contributed by atoms with Gasteiger partial charge < -0.3 is 20.8 Å². The van der Waals surface area contributed by atoms with Gasteiger partial charge in [0, 0.05) is 18.6 Å². The number of anilines is 1. The Morgan fingerprint density at radius 2 is 2.11 bits per heavy atom. The summed E-state index contributed by atoms with van der Waals surface area (Å²) in [6, 6.07) is 3.94. The van der Waals surface area contributed by atoms with E-state index in [1.807, 2.05) is 13.0 Å². The predicted molar refractivity (Wildman–Crippen MR) is 77.6 cm³/mol. The number of aliphatic hydroxyl groups excluding tert-OH is 1. The molecule has 0 amide bonds. The fourth-order valence-electron chi connectivity index (χ4n) is 2.85. The molecular formula is C15H24N2O2. The van der Waals surface area contributed by atoms with E-state index in [9.17, 15) is 10.2 Å². The summed E-state index contributed by atoms with van der Waals surface area (Å²) in [4.78, 5) is 0. The molecule has 0 spiro atoms. The second-order valence-electron chi connectivity index (χ2n) is 5.47. The largest absolute Gasteiger partial charge is 0.506 e. The van der Waals surface area contributed by atoms with Crippen LogP contribution in [0, 0.1) is 0 Å². The fraction of sp³-hybridized carbons (Fsp3) is 0.600. The van der Waals surface area contributed by atoms with Crippen molar-refractivity contribution in [2.24, 2.45) is 0 Å². The van der Waals surface area contributed by atoms with E-state index in [0.717, 1.165) is 36.2 Å². The van der Waals surface area contributed by atoms with Gasteiger partial charge in [-0.05, 0) is 37.0 Å². The van der Waals surface area contributed by atoms with E-state index in [1.165, 1.54) is 0 Å². The SMILES string of the molecule is CCNc1c(O)ccc2c1CC[C@@H](NC(C)C)[C@@H]2O. The Kier molecular flexibility index (Phi) is 4.32. The quantitative estimate of drug-likeness (QED) is 0.629. The zero-order chi connectivity index (χ0) is 14.0. The van der Waals surface area contributed by atoms with Gasteiger partial charge in [-0.25, -0.2) is 0 Å². The van der Waals surface area contributed by atoms with Crippen LogP contribution in [0.4, 0.5) is 5.69 Å². The molecule has 1 aromatic carbocycles. The molecule has 1 aliphatic rings. The van der Waals surface area contributed by atoms with Gasteiger partial charge in [-0.3, -0.25) is 0 Å². The van der Waals surface area contributed by atoms with Crippen molar-refractivity contribution in [2.45, 2.75) is 51.8 Å². The van der Waals surface area contributed by atoms with Gasteiger partial charge in [0.15, 0.2) is 0 Å². The predicted octanol–water partition coefficient (Wildman–Crippen LogP) is 2.17. The van der Waals surface area contributed by atoms with Gasteiger partial charge in [0.25, 0.3) is 0 Å². The van der Waals surface area contributed by atoms with Crippen molar-refractivity contribution in [1.29, 1.82) is 0 Å². The Bertz CT molecular complexity index is 446. The Labute approximate surface area is 114 Å². The second-order valence-corrected chi connectivity index (χ2v) is 5.47. The molecule has 0 fully saturated rings. The number of aromatic hydroxyl groups is 1. The first-order chi connectivity index (χ1) is 9.04. The van der Waals surface area contributed by atoms with Crippen LogP contribution in [0.2, 0.25) is 0 Å². The summed E-state index contributed by atoms with van der Waals surface area (Å²) in [5, 5.41) is 27.0.